The van der Waals surface area contributed by atoms with Crippen LogP contribution in [0.15, 0.2) is 93.9 Å². The fraction of sp³-hybridized carbons (Fsp3) is 0.417. The van der Waals surface area contributed by atoms with Crippen LogP contribution >= 0.6 is 11.6 Å². The van der Waals surface area contributed by atoms with Gasteiger partial charge in [-0.25, -0.2) is 0 Å². The van der Waals surface area contributed by atoms with Crippen LogP contribution in [0.3, 0.4) is 0 Å². The second-order valence-electron chi connectivity index (χ2n) is 13.6. The van der Waals surface area contributed by atoms with Gasteiger partial charge in [-0.1, -0.05) is 57.0 Å². The molecule has 10 nitrogen and oxygen atoms in total. The Morgan fingerprint density at radius 2 is 1.61 bits per heavy atom. The van der Waals surface area contributed by atoms with Gasteiger partial charge in [-0.05, 0) is 75.1 Å². The molecule has 0 saturated carbocycles. The van der Waals surface area contributed by atoms with Crippen molar-refractivity contribution in [3.8, 4) is 0 Å². The summed E-state index contributed by atoms with van der Waals surface area (Å²) in [5.74, 6) is 0.264. The third-order valence-corrected chi connectivity index (χ3v) is 11.4. The van der Waals surface area contributed by atoms with E-state index in [0.29, 0.717) is 30.0 Å². The van der Waals surface area contributed by atoms with E-state index >= 15 is 0 Å². The first kappa shape index (κ1) is 36.9. The zero-order chi connectivity index (χ0) is 35.8. The molecule has 0 radical (unpaired) electrons. The maximum absolute atomic E-state index is 12.0. The van der Waals surface area contributed by atoms with E-state index < -0.39 is 25.7 Å². The predicted molar refractivity (Wildman–Crippen MR) is 191 cm³/mol. The van der Waals surface area contributed by atoms with Crippen LogP contribution in [0.2, 0.25) is 0 Å². The van der Waals surface area contributed by atoms with Gasteiger partial charge in [0.05, 0.1) is 16.1 Å². The van der Waals surface area contributed by atoms with Crippen molar-refractivity contribution in [1.29, 1.82) is 0 Å². The Morgan fingerprint density at radius 1 is 0.878 bits per heavy atom. The lowest BCUT2D eigenvalue weighted by Crippen LogP contribution is -2.28. The third-order valence-electron chi connectivity index (χ3n) is 9.42. The van der Waals surface area contributed by atoms with Gasteiger partial charge in [-0.3, -0.25) is 18.9 Å². The molecule has 0 saturated heterocycles. The van der Waals surface area contributed by atoms with Gasteiger partial charge in [-0.15, -0.1) is 0 Å². The molecule has 49 heavy (non-hydrogen) atoms. The number of nitrogens with zero attached hydrogens (tertiary/aromatic N) is 2. The molecule has 0 amide bonds. The Morgan fingerprint density at radius 3 is 2.31 bits per heavy atom. The summed E-state index contributed by atoms with van der Waals surface area (Å²) in [5, 5.41) is 0.279. The van der Waals surface area contributed by atoms with E-state index in [4.69, 9.17) is 21.4 Å². The normalized spacial score (nSPS) is 20.0. The molecule has 2 aromatic carbocycles. The molecule has 2 aromatic rings. The van der Waals surface area contributed by atoms with E-state index in [9.17, 15) is 25.9 Å². The number of halogens is 1. The topological polar surface area (TPSA) is 133 Å². The van der Waals surface area contributed by atoms with Gasteiger partial charge < -0.3 is 4.90 Å². The second kappa shape index (κ2) is 14.1. The van der Waals surface area contributed by atoms with Crippen molar-refractivity contribution in [2.75, 3.05) is 23.7 Å². The Bertz CT molecular complexity index is 2010. The molecule has 3 aliphatic heterocycles. The van der Waals surface area contributed by atoms with Crippen LogP contribution in [0.4, 0.5) is 11.4 Å². The summed E-state index contributed by atoms with van der Waals surface area (Å²) in [7, 11) is -8.55. The van der Waals surface area contributed by atoms with Crippen molar-refractivity contribution >= 4 is 48.9 Å². The van der Waals surface area contributed by atoms with Crippen LogP contribution in [0.1, 0.15) is 77.8 Å². The van der Waals surface area contributed by atoms with E-state index in [2.05, 4.69) is 49.6 Å². The third kappa shape index (κ3) is 7.68. The van der Waals surface area contributed by atoms with Crippen molar-refractivity contribution in [2.45, 2.75) is 82.4 Å². The van der Waals surface area contributed by atoms with Crippen molar-refractivity contribution in [3.05, 3.63) is 100 Å². The van der Waals surface area contributed by atoms with Gasteiger partial charge in [0.1, 0.15) is 11.6 Å². The van der Waals surface area contributed by atoms with E-state index in [1.165, 1.54) is 23.4 Å². The van der Waals surface area contributed by atoms with Crippen molar-refractivity contribution in [1.82, 2.24) is 0 Å². The summed E-state index contributed by atoms with van der Waals surface area (Å²) in [6.45, 7) is 11.7. The first-order valence-electron chi connectivity index (χ1n) is 16.4. The number of unbranched alkanes of at least 4 members (excludes halogenated alkanes) is 3. The molecule has 2 N–H and O–H groups in total. The number of allylic oxidation sites excluding steroid dienone is 6. The van der Waals surface area contributed by atoms with Gasteiger partial charge in [0.15, 0.2) is 5.71 Å². The molecular weight excluding hydrogens is 688 g/mol. The van der Waals surface area contributed by atoms with Gasteiger partial charge in [-0.2, -0.15) is 21.4 Å². The van der Waals surface area contributed by atoms with E-state index in [-0.39, 0.29) is 33.3 Å². The summed E-state index contributed by atoms with van der Waals surface area (Å²) < 4.78 is 67.8. The van der Waals surface area contributed by atoms with Crippen LogP contribution in [0.5, 0.6) is 0 Å². The number of hydrogen-bond acceptors (Lipinski definition) is 7. The minimum atomic E-state index is -4.45. The molecular formula is C36H44ClN2O8S2+. The minimum absolute atomic E-state index is 0.223. The number of hydrogen-bond donors (Lipinski definition) is 2. The quantitative estimate of drug-likeness (QED) is 0.0920. The number of rotatable bonds is 13. The highest BCUT2D eigenvalue weighted by Crippen LogP contribution is 2.49. The molecule has 0 atom stereocenters. The van der Waals surface area contributed by atoms with Gasteiger partial charge in [0.2, 0.25) is 17.2 Å². The average molecular weight is 732 g/mol. The Labute approximate surface area is 294 Å². The van der Waals surface area contributed by atoms with Gasteiger partial charge >= 0.3 is 0 Å². The second-order valence-corrected chi connectivity index (χ2v) is 16.9. The molecule has 0 aromatic heterocycles. The summed E-state index contributed by atoms with van der Waals surface area (Å²) in [6, 6.07) is 12.8. The summed E-state index contributed by atoms with van der Waals surface area (Å²) >= 11 is 6.80. The van der Waals surface area contributed by atoms with Gasteiger partial charge in [0.25, 0.3) is 20.2 Å². The molecule has 3 aliphatic rings. The van der Waals surface area contributed by atoms with Crippen LogP contribution in [0.25, 0.3) is 0 Å². The van der Waals surface area contributed by atoms with Crippen molar-refractivity contribution in [3.63, 3.8) is 0 Å². The van der Waals surface area contributed by atoms with Crippen molar-refractivity contribution < 1.29 is 40.3 Å². The zero-order valence-electron chi connectivity index (χ0n) is 28.4. The highest BCUT2D eigenvalue weighted by molar-refractivity contribution is 7.86. The molecule has 0 aliphatic carbocycles. The number of anilines is 1. The summed E-state index contributed by atoms with van der Waals surface area (Å²) in [5.41, 5.74) is 4.76. The maximum atomic E-state index is 12.0. The molecule has 264 valence electrons. The van der Waals surface area contributed by atoms with Gasteiger partial charge in [0, 0.05) is 47.5 Å². The maximum Gasteiger partial charge on any atom is 0.294 e. The van der Waals surface area contributed by atoms with Crippen LogP contribution in [-0.2, 0) is 40.8 Å². The molecule has 0 bridgehead atoms. The van der Waals surface area contributed by atoms with Crippen molar-refractivity contribution in [2.24, 2.45) is 0 Å². The molecule has 0 fully saturated rings. The lowest BCUT2D eigenvalue weighted by atomic mass is 9.81. The standard InChI is InChI=1S/C36H43ClN2O8S2/c1-6-7-10-21-38-28-14-9-8-13-26(28)35(2,3)32(38)19-17-30-34(37)31(47-46-30)18-20-33-36(4,5)27-24-25(49(43,44)45)15-16-29(27)39(33)22-11-12-23-48(40,41)42/h8-9,13-20,24H,6-7,10-12,21-23H2,1-5H3,(H-,40,41,42,43,44,45)/p+1. The molecule has 5 rings (SSSR count). The Hall–Kier alpha value is -3.42. The first-order valence-corrected chi connectivity index (χ1v) is 19.8. The van der Waals surface area contributed by atoms with E-state index in [1.807, 2.05) is 37.0 Å². The summed E-state index contributed by atoms with van der Waals surface area (Å²) in [4.78, 5) is 12.9. The Balaban J connectivity index is 1.47. The first-order chi connectivity index (χ1) is 23.0. The lowest BCUT2D eigenvalue weighted by Gasteiger charge is -2.27. The SMILES string of the molecule is CCCCC[N+]1=C(/C=C/C2=C(Cl)C(=C/C=C3/N(CCCCS(=O)(=O)O)c4ccc(S(=O)(=O)O)cc4C3(C)C)/OO2)C(C)(C)c2ccccc21. The minimum Gasteiger partial charge on any atom is -0.344 e. The Kier molecular flexibility index (Phi) is 10.6. The fourth-order valence-corrected chi connectivity index (χ4v) is 8.07. The predicted octanol–water partition coefficient (Wildman–Crippen LogP) is 7.70. The van der Waals surface area contributed by atoms with Crippen LogP contribution < -0.4 is 4.90 Å². The monoisotopic (exact) mass is 731 g/mol. The smallest absolute Gasteiger partial charge is 0.294 e. The highest BCUT2D eigenvalue weighted by atomic mass is 35.5. The number of benzene rings is 2. The van der Waals surface area contributed by atoms with E-state index in [0.717, 1.165) is 37.2 Å². The highest BCUT2D eigenvalue weighted by Gasteiger charge is 2.44. The molecule has 0 spiro atoms. The lowest BCUT2D eigenvalue weighted by molar-refractivity contribution is -0.438. The molecule has 0 unspecified atom stereocenters. The van der Waals surface area contributed by atoms with Crippen LogP contribution in [-0.4, -0.2) is 55.1 Å². The number of para-hydroxylation sites is 1. The average Bonchev–Trinajstić information content (AvgIpc) is 3.56. The molecule has 3 heterocycles. The number of fused-ring (bicyclic) bond motifs is 2. The van der Waals surface area contributed by atoms with E-state index in [1.54, 1.807) is 12.1 Å². The molecule has 13 heteroatoms. The summed E-state index contributed by atoms with van der Waals surface area (Å²) in [6.07, 6.45) is 11.3. The van der Waals surface area contributed by atoms with Crippen LogP contribution in [0, 0.1) is 0 Å². The fourth-order valence-electron chi connectivity index (χ4n) is 6.81. The largest absolute Gasteiger partial charge is 0.344 e. The zero-order valence-corrected chi connectivity index (χ0v) is 30.8.